The van der Waals surface area contributed by atoms with Gasteiger partial charge in [-0.05, 0) is 45.6 Å². The summed E-state index contributed by atoms with van der Waals surface area (Å²) in [6, 6.07) is 0. The van der Waals surface area contributed by atoms with Gasteiger partial charge in [-0.3, -0.25) is 23.7 Å². The zero-order chi connectivity index (χ0) is 39.7. The Morgan fingerprint density at radius 3 is 1.85 bits per heavy atom. The van der Waals surface area contributed by atoms with E-state index in [1.54, 1.807) is 0 Å². The summed E-state index contributed by atoms with van der Waals surface area (Å²) < 4.78 is 43.3. The monoisotopic (exact) mass is 786 g/mol. The molecule has 1 rings (SSSR count). The maximum atomic E-state index is 12.4. The van der Waals surface area contributed by atoms with E-state index in [1.165, 1.54) is 6.92 Å². The number of hydrogen-bond donors (Lipinski definition) is 7. The Labute approximate surface area is 312 Å². The number of nitrogens with two attached hydrogens (primary N) is 1. The number of aliphatic hydroxyl groups excluding tert-OH is 3. The first-order valence-electron chi connectivity index (χ1n) is 18.3. The lowest BCUT2D eigenvalue weighted by Gasteiger charge is -2.40. The molecule has 1 amide bonds. The van der Waals surface area contributed by atoms with Gasteiger partial charge in [0, 0.05) is 57.1 Å². The quantitative estimate of drug-likeness (QED) is 0.0351. The van der Waals surface area contributed by atoms with Gasteiger partial charge in [0.25, 0.3) is 0 Å². The number of nitrogens with one attached hydrogen (secondary N) is 1. The number of unbranched alkanes of at least 4 members (excludes halogenated alkanes) is 3. The van der Waals surface area contributed by atoms with E-state index in [4.69, 9.17) is 39.2 Å². The van der Waals surface area contributed by atoms with Crippen molar-refractivity contribution in [3.8, 4) is 0 Å². The van der Waals surface area contributed by atoms with Crippen LogP contribution < -0.4 is 11.1 Å². The van der Waals surface area contributed by atoms with Crippen LogP contribution in [0.1, 0.15) is 90.9 Å². The van der Waals surface area contributed by atoms with Gasteiger partial charge in [-0.15, -0.1) is 0 Å². The van der Waals surface area contributed by atoms with Crippen molar-refractivity contribution in [3.63, 3.8) is 0 Å². The first kappa shape index (κ1) is 49.2. The van der Waals surface area contributed by atoms with Crippen molar-refractivity contribution < 1.29 is 77.1 Å². The number of carbonyl (C=O) groups excluding carboxylic acids is 4. The molecule has 1 heterocycles. The second kappa shape index (κ2) is 27.8. The minimum Gasteiger partial charge on any atom is -0.387 e. The molecule has 18 nitrogen and oxygen atoms in total. The summed E-state index contributed by atoms with van der Waals surface area (Å²) in [5, 5.41) is 32.9. The first-order valence-corrected chi connectivity index (χ1v) is 19.8. The molecule has 0 radical (unpaired) electrons. The van der Waals surface area contributed by atoms with E-state index in [-0.39, 0.29) is 82.3 Å². The number of rotatable bonds is 33. The third kappa shape index (κ3) is 24.4. The van der Waals surface area contributed by atoms with E-state index in [9.17, 15) is 39.1 Å². The molecule has 310 valence electrons. The van der Waals surface area contributed by atoms with Crippen molar-refractivity contribution in [2.75, 3.05) is 65.9 Å². The molecule has 1 saturated heterocycles. The van der Waals surface area contributed by atoms with Crippen LogP contribution in [0.4, 0.5) is 0 Å². The lowest BCUT2D eigenvalue weighted by molar-refractivity contribution is -0.300. The van der Waals surface area contributed by atoms with E-state index >= 15 is 0 Å². The van der Waals surface area contributed by atoms with Crippen molar-refractivity contribution in [1.82, 2.24) is 5.32 Å². The fourth-order valence-corrected chi connectivity index (χ4v) is 5.46. The number of ketones is 3. The van der Waals surface area contributed by atoms with Crippen LogP contribution in [-0.4, -0.2) is 145 Å². The van der Waals surface area contributed by atoms with Crippen molar-refractivity contribution in [2.24, 2.45) is 11.1 Å². The molecule has 1 aliphatic rings. The van der Waals surface area contributed by atoms with Crippen LogP contribution in [-0.2, 0) is 52.0 Å². The Hall–Kier alpha value is -1.77. The predicted octanol–water partition coefficient (Wildman–Crippen LogP) is 0.459. The molecule has 53 heavy (non-hydrogen) atoms. The highest BCUT2D eigenvalue weighted by Crippen LogP contribution is 2.37. The second-order valence-corrected chi connectivity index (χ2v) is 14.9. The fourth-order valence-electron chi connectivity index (χ4n) is 5.12. The van der Waals surface area contributed by atoms with Gasteiger partial charge in [0.2, 0.25) is 5.91 Å². The zero-order valence-corrected chi connectivity index (χ0v) is 32.1. The molecular formula is C34H63N2O16P. The Morgan fingerprint density at radius 2 is 1.28 bits per heavy atom. The van der Waals surface area contributed by atoms with Gasteiger partial charge in [0.05, 0.1) is 46.2 Å². The van der Waals surface area contributed by atoms with Gasteiger partial charge in [-0.2, -0.15) is 0 Å². The number of phosphoric acid groups is 1. The maximum Gasteiger partial charge on any atom is 0.469 e. The zero-order valence-electron chi connectivity index (χ0n) is 31.2. The summed E-state index contributed by atoms with van der Waals surface area (Å²) in [6.45, 7) is 5.31. The molecule has 0 aromatic heterocycles. The number of ether oxygens (including phenoxy) is 5. The van der Waals surface area contributed by atoms with Gasteiger partial charge < -0.3 is 59.8 Å². The largest absolute Gasteiger partial charge is 0.469 e. The van der Waals surface area contributed by atoms with Crippen molar-refractivity contribution in [1.29, 1.82) is 0 Å². The summed E-state index contributed by atoms with van der Waals surface area (Å²) in [7, 11) is -4.84. The molecule has 0 aromatic rings. The molecule has 0 aliphatic carbocycles. The molecular weight excluding hydrogens is 723 g/mol. The van der Waals surface area contributed by atoms with Crippen molar-refractivity contribution in [2.45, 2.75) is 122 Å². The molecule has 6 unspecified atom stereocenters. The third-order valence-corrected chi connectivity index (χ3v) is 8.76. The number of amides is 1. The highest BCUT2D eigenvalue weighted by Gasteiger charge is 2.45. The topological polar surface area (TPSA) is 280 Å². The minimum absolute atomic E-state index is 0.0260. The van der Waals surface area contributed by atoms with E-state index < -0.39 is 50.6 Å². The normalized spacial score (nSPS) is 21.6. The number of hydrogen-bond acceptors (Lipinski definition) is 15. The average molecular weight is 787 g/mol. The lowest BCUT2D eigenvalue weighted by Crippen LogP contribution is -2.59. The molecule has 19 heteroatoms. The van der Waals surface area contributed by atoms with E-state index in [0.29, 0.717) is 70.9 Å². The van der Waals surface area contributed by atoms with Crippen LogP contribution in [0, 0.1) is 5.41 Å². The molecule has 6 atom stereocenters. The van der Waals surface area contributed by atoms with Gasteiger partial charge in [0.15, 0.2) is 6.29 Å². The predicted molar refractivity (Wildman–Crippen MR) is 189 cm³/mol. The SMILES string of the molecule is CC(=O)CCOCC(C)(COCCC(=O)CCCCCC(=O)CCCCOC1OC(COP(=O)(O)O)C(O)C(O)C1O)COCCC(=O)NCCCN. The van der Waals surface area contributed by atoms with E-state index in [2.05, 4.69) is 9.84 Å². The molecule has 8 N–H and O–H groups in total. The van der Waals surface area contributed by atoms with Crippen LogP contribution >= 0.6 is 7.82 Å². The Balaban J connectivity index is 2.23. The third-order valence-electron chi connectivity index (χ3n) is 8.27. The highest BCUT2D eigenvalue weighted by atomic mass is 31.2. The van der Waals surface area contributed by atoms with Crippen molar-refractivity contribution in [3.05, 3.63) is 0 Å². The molecule has 0 bridgehead atoms. The molecule has 0 aromatic carbocycles. The van der Waals surface area contributed by atoms with E-state index in [1.807, 2.05) is 6.92 Å². The highest BCUT2D eigenvalue weighted by molar-refractivity contribution is 7.46. The number of aliphatic hydroxyl groups is 3. The van der Waals surface area contributed by atoms with E-state index in [0.717, 1.165) is 6.42 Å². The number of phosphoric ester groups is 1. The summed E-state index contributed by atoms with van der Waals surface area (Å²) >= 11 is 0. The van der Waals surface area contributed by atoms with Crippen LogP contribution in [0.5, 0.6) is 0 Å². The molecule has 0 spiro atoms. The lowest BCUT2D eigenvalue weighted by atomic mass is 9.94. The molecule has 0 saturated carbocycles. The summed E-state index contributed by atoms with van der Waals surface area (Å²) in [5.41, 5.74) is 4.89. The first-order chi connectivity index (χ1) is 25.1. The standard InChI is InChI=1S/C34H63N2O16P/c1-25(37)12-18-47-22-34(2,24-49-20-14-29(40)36-16-8-15-35)23-48-19-13-27(39)10-5-3-4-9-26(38)11-6-7-17-50-33-32(43)31(42)30(41)28(52-33)21-51-53(44,45)46/h28,30-33,41-43H,3-24,35H2,1-2H3,(H,36,40)(H2,44,45,46). The van der Waals surface area contributed by atoms with Gasteiger partial charge in [-0.1, -0.05) is 13.3 Å². The second-order valence-electron chi connectivity index (χ2n) is 13.7. The van der Waals surface area contributed by atoms with Gasteiger partial charge in [-0.25, -0.2) is 4.57 Å². The van der Waals surface area contributed by atoms with Crippen LogP contribution in [0.15, 0.2) is 0 Å². The number of carbonyl (C=O) groups is 4. The Kier molecular flexibility index (Phi) is 25.8. The Morgan fingerprint density at radius 1 is 0.736 bits per heavy atom. The summed E-state index contributed by atoms with van der Waals surface area (Å²) in [6.07, 6.45) is -2.16. The molecule has 1 fully saturated rings. The van der Waals surface area contributed by atoms with Crippen molar-refractivity contribution >= 4 is 31.1 Å². The Bertz CT molecular complexity index is 1110. The van der Waals surface area contributed by atoms with Gasteiger partial charge >= 0.3 is 7.82 Å². The summed E-state index contributed by atoms with van der Waals surface area (Å²) in [5.74, 6) is 0.0303. The maximum absolute atomic E-state index is 12.4. The fraction of sp³-hybridized carbons (Fsp3) is 0.882. The van der Waals surface area contributed by atoms with Crippen LogP contribution in [0.2, 0.25) is 0 Å². The summed E-state index contributed by atoms with van der Waals surface area (Å²) in [4.78, 5) is 65.5. The van der Waals surface area contributed by atoms with Gasteiger partial charge in [0.1, 0.15) is 41.8 Å². The molecule has 1 aliphatic heterocycles. The van der Waals surface area contributed by atoms with Crippen LogP contribution in [0.25, 0.3) is 0 Å². The average Bonchev–Trinajstić information content (AvgIpc) is 3.09. The van der Waals surface area contributed by atoms with Crippen LogP contribution in [0.3, 0.4) is 0 Å². The minimum atomic E-state index is -4.84. The number of Topliss-reactive ketones (excluding diaryl/α,β-unsaturated/α-hetero) is 3. The smallest absolute Gasteiger partial charge is 0.387 e.